The van der Waals surface area contributed by atoms with Crippen molar-refractivity contribution < 1.29 is 4.39 Å². The van der Waals surface area contributed by atoms with Gasteiger partial charge in [-0.1, -0.05) is 24.3 Å². The largest absolute Gasteiger partial charge is 0.378 e. The molecule has 0 spiro atoms. The molecule has 0 fully saturated rings. The van der Waals surface area contributed by atoms with Gasteiger partial charge in [-0.3, -0.25) is 0 Å². The lowest BCUT2D eigenvalue weighted by atomic mass is 10.0. The molecule has 0 aliphatic heterocycles. The summed E-state index contributed by atoms with van der Waals surface area (Å²) in [5, 5.41) is 3.02. The van der Waals surface area contributed by atoms with E-state index in [2.05, 4.69) is 5.32 Å². The molecule has 2 aromatic rings. The number of nitrogens with one attached hydrogen (secondary N) is 1. The van der Waals surface area contributed by atoms with Crippen LogP contribution in [0, 0.1) is 5.82 Å². The summed E-state index contributed by atoms with van der Waals surface area (Å²) in [5.74, 6) is -0.176. The van der Waals surface area contributed by atoms with Gasteiger partial charge in [0, 0.05) is 31.9 Å². The summed E-state index contributed by atoms with van der Waals surface area (Å²) in [7, 11) is 5.83. The second-order valence-corrected chi connectivity index (χ2v) is 4.79. The van der Waals surface area contributed by atoms with Crippen molar-refractivity contribution in [2.45, 2.75) is 6.54 Å². The average molecular weight is 258 g/mol. The Morgan fingerprint density at radius 3 is 2.26 bits per heavy atom. The normalized spacial score (nSPS) is 10.5. The van der Waals surface area contributed by atoms with E-state index >= 15 is 0 Å². The van der Waals surface area contributed by atoms with Crippen LogP contribution in [0.2, 0.25) is 0 Å². The molecule has 0 unspecified atom stereocenters. The average Bonchev–Trinajstić information content (AvgIpc) is 2.39. The Labute approximate surface area is 113 Å². The highest BCUT2D eigenvalue weighted by atomic mass is 19.1. The number of hydrogen-bond donors (Lipinski definition) is 1. The van der Waals surface area contributed by atoms with E-state index in [0.717, 1.165) is 16.8 Å². The molecule has 3 heteroatoms. The van der Waals surface area contributed by atoms with Gasteiger partial charge in [0.25, 0.3) is 0 Å². The zero-order valence-electron chi connectivity index (χ0n) is 11.6. The number of rotatable bonds is 4. The predicted octanol–water partition coefficient (Wildman–Crippen LogP) is 3.28. The van der Waals surface area contributed by atoms with Crippen LogP contribution in [0.1, 0.15) is 5.56 Å². The smallest absolute Gasteiger partial charge is 0.131 e. The highest BCUT2D eigenvalue weighted by molar-refractivity contribution is 5.67. The minimum Gasteiger partial charge on any atom is -0.378 e. The Morgan fingerprint density at radius 1 is 1.05 bits per heavy atom. The Hall–Kier alpha value is -1.87. The molecule has 0 saturated heterocycles. The van der Waals surface area contributed by atoms with Gasteiger partial charge in [0.2, 0.25) is 0 Å². The number of halogens is 1. The van der Waals surface area contributed by atoms with Crippen LogP contribution < -0.4 is 10.2 Å². The van der Waals surface area contributed by atoms with Crippen LogP contribution in [0.15, 0.2) is 42.5 Å². The van der Waals surface area contributed by atoms with E-state index in [0.29, 0.717) is 12.1 Å². The molecule has 0 amide bonds. The highest BCUT2D eigenvalue weighted by Gasteiger charge is 2.06. The van der Waals surface area contributed by atoms with E-state index < -0.39 is 0 Å². The van der Waals surface area contributed by atoms with Crippen LogP contribution in [-0.4, -0.2) is 21.1 Å². The molecule has 0 atom stereocenters. The van der Waals surface area contributed by atoms with Crippen LogP contribution in [0.5, 0.6) is 0 Å². The molecule has 0 heterocycles. The third-order valence-electron chi connectivity index (χ3n) is 3.11. The van der Waals surface area contributed by atoms with Gasteiger partial charge in [-0.15, -0.1) is 0 Å². The molecule has 0 saturated carbocycles. The minimum atomic E-state index is -0.176. The fraction of sp³-hybridized carbons (Fsp3) is 0.250. The highest BCUT2D eigenvalue weighted by Crippen LogP contribution is 2.25. The monoisotopic (exact) mass is 258 g/mol. The lowest BCUT2D eigenvalue weighted by molar-refractivity contribution is 0.627. The first kappa shape index (κ1) is 13.6. The Morgan fingerprint density at radius 2 is 1.74 bits per heavy atom. The summed E-state index contributed by atoms with van der Waals surface area (Å²) in [5.41, 5.74) is 3.61. The Kier molecular flexibility index (Phi) is 4.17. The van der Waals surface area contributed by atoms with Gasteiger partial charge in [0.15, 0.2) is 0 Å². The first-order valence-electron chi connectivity index (χ1n) is 6.32. The molecule has 0 radical (unpaired) electrons. The van der Waals surface area contributed by atoms with E-state index in [4.69, 9.17) is 0 Å². The van der Waals surface area contributed by atoms with Crippen LogP contribution in [0.25, 0.3) is 11.1 Å². The second-order valence-electron chi connectivity index (χ2n) is 4.79. The van der Waals surface area contributed by atoms with Crippen LogP contribution in [0.4, 0.5) is 10.1 Å². The van der Waals surface area contributed by atoms with Gasteiger partial charge in [-0.2, -0.15) is 0 Å². The quantitative estimate of drug-likeness (QED) is 0.905. The second kappa shape index (κ2) is 5.85. The van der Waals surface area contributed by atoms with Gasteiger partial charge in [0.1, 0.15) is 5.82 Å². The predicted molar refractivity (Wildman–Crippen MR) is 78.9 cm³/mol. The SMILES string of the molecule is CNCc1ccc(-c2ccc(N(C)C)cc2)c(F)c1. The van der Waals surface area contributed by atoms with E-state index in [1.807, 2.05) is 62.4 Å². The molecule has 2 nitrogen and oxygen atoms in total. The van der Waals surface area contributed by atoms with Crippen molar-refractivity contribution in [1.29, 1.82) is 0 Å². The van der Waals surface area contributed by atoms with Crippen LogP contribution >= 0.6 is 0 Å². The van der Waals surface area contributed by atoms with Crippen molar-refractivity contribution >= 4 is 5.69 Å². The van der Waals surface area contributed by atoms with E-state index in [9.17, 15) is 4.39 Å². The molecular weight excluding hydrogens is 239 g/mol. The zero-order valence-corrected chi connectivity index (χ0v) is 11.6. The van der Waals surface area contributed by atoms with Crippen molar-refractivity contribution in [3.05, 3.63) is 53.8 Å². The van der Waals surface area contributed by atoms with Crippen LogP contribution in [-0.2, 0) is 6.54 Å². The van der Waals surface area contributed by atoms with E-state index in [-0.39, 0.29) is 5.82 Å². The molecule has 100 valence electrons. The molecule has 1 N–H and O–H groups in total. The van der Waals surface area contributed by atoms with Crippen molar-refractivity contribution in [2.24, 2.45) is 0 Å². The first-order chi connectivity index (χ1) is 9.11. The molecule has 19 heavy (non-hydrogen) atoms. The molecule has 0 aliphatic carbocycles. The standard InChI is InChI=1S/C16H19FN2/c1-18-11-12-4-9-15(16(17)10-12)13-5-7-14(8-6-13)19(2)3/h4-10,18H,11H2,1-3H3. The molecule has 2 aromatic carbocycles. The lowest BCUT2D eigenvalue weighted by Crippen LogP contribution is -2.08. The topological polar surface area (TPSA) is 15.3 Å². The third kappa shape index (κ3) is 3.12. The minimum absolute atomic E-state index is 0.176. The Balaban J connectivity index is 2.31. The maximum atomic E-state index is 14.1. The first-order valence-corrected chi connectivity index (χ1v) is 6.32. The molecule has 2 rings (SSSR count). The fourth-order valence-electron chi connectivity index (χ4n) is 2.05. The summed E-state index contributed by atoms with van der Waals surface area (Å²) in [6, 6.07) is 13.3. The number of benzene rings is 2. The van der Waals surface area contributed by atoms with Gasteiger partial charge in [-0.05, 0) is 36.4 Å². The Bertz CT molecular complexity index is 547. The van der Waals surface area contributed by atoms with Gasteiger partial charge < -0.3 is 10.2 Å². The molecule has 0 aliphatic rings. The third-order valence-corrected chi connectivity index (χ3v) is 3.11. The molecule has 0 aromatic heterocycles. The summed E-state index contributed by atoms with van der Waals surface area (Å²) < 4.78 is 14.1. The van der Waals surface area contributed by atoms with Crippen molar-refractivity contribution in [2.75, 3.05) is 26.0 Å². The van der Waals surface area contributed by atoms with Gasteiger partial charge in [-0.25, -0.2) is 4.39 Å². The fourth-order valence-corrected chi connectivity index (χ4v) is 2.05. The zero-order chi connectivity index (χ0) is 13.8. The molecular formula is C16H19FN2. The summed E-state index contributed by atoms with van der Waals surface area (Å²) >= 11 is 0. The van der Waals surface area contributed by atoms with Crippen LogP contribution in [0.3, 0.4) is 0 Å². The van der Waals surface area contributed by atoms with E-state index in [1.54, 1.807) is 6.07 Å². The van der Waals surface area contributed by atoms with E-state index in [1.165, 1.54) is 0 Å². The maximum absolute atomic E-state index is 14.1. The number of anilines is 1. The van der Waals surface area contributed by atoms with Gasteiger partial charge >= 0.3 is 0 Å². The maximum Gasteiger partial charge on any atom is 0.131 e. The molecule has 0 bridgehead atoms. The van der Waals surface area contributed by atoms with Crippen molar-refractivity contribution in [3.63, 3.8) is 0 Å². The summed E-state index contributed by atoms with van der Waals surface area (Å²) in [6.07, 6.45) is 0. The lowest BCUT2D eigenvalue weighted by Gasteiger charge is -2.13. The van der Waals surface area contributed by atoms with Crippen molar-refractivity contribution in [3.8, 4) is 11.1 Å². The van der Waals surface area contributed by atoms with Crippen molar-refractivity contribution in [1.82, 2.24) is 5.32 Å². The summed E-state index contributed by atoms with van der Waals surface area (Å²) in [4.78, 5) is 2.02. The van der Waals surface area contributed by atoms with Gasteiger partial charge in [0.05, 0.1) is 0 Å². The summed E-state index contributed by atoms with van der Waals surface area (Å²) in [6.45, 7) is 0.677. The number of hydrogen-bond acceptors (Lipinski definition) is 2. The number of nitrogens with zero attached hydrogens (tertiary/aromatic N) is 1.